The van der Waals surface area contributed by atoms with Crippen LogP contribution in [-0.2, 0) is 43.1 Å². The molecule has 0 radical (unpaired) electrons. The minimum atomic E-state index is -1.54. The molecule has 0 rings (SSSR count). The lowest BCUT2D eigenvalue weighted by molar-refractivity contribution is -0.143. The molecule has 0 aromatic heterocycles. The molecule has 0 aliphatic rings. The maximum atomic E-state index is 14.0. The Morgan fingerprint density at radius 1 is 0.458 bits per heavy atom. The summed E-state index contributed by atoms with van der Waals surface area (Å²) in [6.07, 6.45) is 20.7. The minimum absolute atomic E-state index is 0.0649. The molecule has 0 heterocycles. The highest BCUT2D eigenvalue weighted by atomic mass is 32.2. The van der Waals surface area contributed by atoms with Crippen LogP contribution in [-0.4, -0.2) is 140 Å². The average molecular weight is 1040 g/mol. The quantitative estimate of drug-likeness (QED) is 0.0305. The van der Waals surface area contributed by atoms with Gasteiger partial charge in [-0.1, -0.05) is 84.0 Å². The van der Waals surface area contributed by atoms with Gasteiger partial charge in [-0.25, -0.2) is 0 Å². The number of primary amides is 1. The van der Waals surface area contributed by atoms with Crippen molar-refractivity contribution >= 4 is 59.1 Å². The zero-order chi connectivity index (χ0) is 53.8. The molecular weight excluding hydrogens is 947 g/mol. The Hall–Kier alpha value is -4.09. The summed E-state index contributed by atoms with van der Waals surface area (Å²) in [7, 11) is 0. The molecule has 0 aromatic carbocycles. The van der Waals surface area contributed by atoms with Crippen LogP contribution < -0.4 is 60.6 Å². The highest BCUT2D eigenvalue weighted by molar-refractivity contribution is 7.99. The molecule has 0 saturated carbocycles. The van der Waals surface area contributed by atoms with Crippen molar-refractivity contribution in [3.8, 4) is 0 Å². The number of unbranched alkanes of at least 4 members (excludes halogenated alkanes) is 16. The molecule has 17 N–H and O–H groups in total. The van der Waals surface area contributed by atoms with Crippen molar-refractivity contribution in [2.45, 2.75) is 217 Å². The number of thioether (sulfide) groups is 1. The largest absolute Gasteiger partial charge is 0.465 e. The Bertz CT molecular complexity index is 1520. The summed E-state index contributed by atoms with van der Waals surface area (Å²) in [5.74, 6) is -4.87. The number of carbonyl (C=O) groups excluding carboxylic acids is 8. The molecule has 0 bridgehead atoms. The number of rotatable bonds is 48. The molecule has 0 saturated heterocycles. The second kappa shape index (κ2) is 45.5. The first kappa shape index (κ1) is 67.9. The summed E-state index contributed by atoms with van der Waals surface area (Å²) < 4.78 is 5.38. The molecule has 6 unspecified atom stereocenters. The molecule has 0 aromatic rings. The van der Waals surface area contributed by atoms with Gasteiger partial charge in [-0.15, -0.1) is 0 Å². The topological polar surface area (TPSA) is 368 Å². The van der Waals surface area contributed by atoms with Crippen LogP contribution in [0.3, 0.4) is 0 Å². The number of aliphatic hydroxyl groups excluding tert-OH is 1. The smallest absolute Gasteiger partial charge is 0.305 e. The first-order valence-corrected chi connectivity index (χ1v) is 28.1. The SMILES string of the molecule is CCCCCCCCCCCCCCCC(=O)OCCSCC(NC(C)=O)C(=O)NC(CO)C(=O)NC(CCCCN)C(=O)NC(CCCCN)C(=O)NC(CCCCN)C(=O)NC(CCCCN)C(N)=O. The van der Waals surface area contributed by atoms with E-state index < -0.39 is 84.2 Å². The fourth-order valence-electron chi connectivity index (χ4n) is 7.82. The Balaban J connectivity index is 5.57. The summed E-state index contributed by atoms with van der Waals surface area (Å²) >= 11 is 1.25. The normalized spacial score (nSPS) is 13.7. The third kappa shape index (κ3) is 35.1. The van der Waals surface area contributed by atoms with E-state index in [2.05, 4.69) is 38.8 Å². The van der Waals surface area contributed by atoms with Gasteiger partial charge in [0.15, 0.2) is 0 Å². The third-order valence-corrected chi connectivity index (χ3v) is 13.1. The van der Waals surface area contributed by atoms with Gasteiger partial charge in [0.05, 0.1) is 6.61 Å². The number of nitrogens with two attached hydrogens (primary N) is 5. The van der Waals surface area contributed by atoms with E-state index in [9.17, 15) is 43.5 Å². The van der Waals surface area contributed by atoms with Crippen molar-refractivity contribution in [2.75, 3.05) is 50.9 Å². The highest BCUT2D eigenvalue weighted by Crippen LogP contribution is 2.14. The number of nitrogens with one attached hydrogen (secondary N) is 6. The summed E-state index contributed by atoms with van der Waals surface area (Å²) in [6.45, 7) is 4.06. The van der Waals surface area contributed by atoms with Crippen LogP contribution in [0.1, 0.15) is 181 Å². The summed E-state index contributed by atoms with van der Waals surface area (Å²) in [5, 5.41) is 25.9. The molecular formula is C50H97N11O10S. The monoisotopic (exact) mass is 1040 g/mol. The first-order valence-electron chi connectivity index (χ1n) is 26.9. The molecule has 0 fully saturated rings. The molecule has 0 aliphatic carbocycles. The average Bonchev–Trinajstić information content (AvgIpc) is 3.34. The van der Waals surface area contributed by atoms with E-state index in [0.717, 1.165) is 19.3 Å². The zero-order valence-electron chi connectivity index (χ0n) is 43.9. The van der Waals surface area contributed by atoms with Crippen LogP contribution in [0.2, 0.25) is 0 Å². The molecule has 418 valence electrons. The van der Waals surface area contributed by atoms with E-state index in [1.165, 1.54) is 82.9 Å². The standard InChI is InChI=1S/C50H97N11O10S/c1-3-4-5-6-7-8-9-10-11-12-13-14-15-28-44(64)71-33-34-72-36-43(56-37(2)63)50(70)61-42(35-62)49(69)60-41(27-19-23-32-54)48(68)59-40(26-18-22-31-53)47(67)58-39(25-17-21-30-52)46(66)57-38(45(55)65)24-16-20-29-51/h38-43,62H,3-36,51-54H2,1-2H3,(H2,55,65)(H,56,63)(H,57,66)(H,58,67)(H,59,68)(H,60,69)(H,61,70). The Morgan fingerprint density at radius 3 is 1.18 bits per heavy atom. The lowest BCUT2D eigenvalue weighted by atomic mass is 10.0. The number of amides is 7. The van der Waals surface area contributed by atoms with Gasteiger partial charge in [-0.3, -0.25) is 38.4 Å². The van der Waals surface area contributed by atoms with Gasteiger partial charge < -0.3 is 70.4 Å². The van der Waals surface area contributed by atoms with Crippen LogP contribution in [0.5, 0.6) is 0 Å². The van der Waals surface area contributed by atoms with E-state index >= 15 is 0 Å². The summed E-state index contributed by atoms with van der Waals surface area (Å²) in [6, 6.07) is -7.19. The number of esters is 1. The van der Waals surface area contributed by atoms with Gasteiger partial charge in [0.25, 0.3) is 0 Å². The summed E-state index contributed by atoms with van der Waals surface area (Å²) in [5.41, 5.74) is 28.3. The predicted octanol–water partition coefficient (Wildman–Crippen LogP) is 1.67. The zero-order valence-corrected chi connectivity index (χ0v) is 44.7. The van der Waals surface area contributed by atoms with E-state index in [-0.39, 0.29) is 44.0 Å². The Labute approximate surface area is 434 Å². The van der Waals surface area contributed by atoms with Gasteiger partial charge in [0, 0.05) is 24.9 Å². The fourth-order valence-corrected chi connectivity index (χ4v) is 8.66. The number of aliphatic hydroxyl groups is 1. The highest BCUT2D eigenvalue weighted by Gasteiger charge is 2.33. The van der Waals surface area contributed by atoms with Gasteiger partial charge in [-0.2, -0.15) is 11.8 Å². The number of hydrogen-bond donors (Lipinski definition) is 12. The fraction of sp³-hybridized carbons (Fsp3) is 0.840. The van der Waals surface area contributed by atoms with Crippen molar-refractivity contribution in [3.63, 3.8) is 0 Å². The lowest BCUT2D eigenvalue weighted by Crippen LogP contribution is -2.60. The van der Waals surface area contributed by atoms with Crippen molar-refractivity contribution in [2.24, 2.45) is 28.7 Å². The lowest BCUT2D eigenvalue weighted by Gasteiger charge is -2.27. The van der Waals surface area contributed by atoms with Gasteiger partial charge >= 0.3 is 5.97 Å². The maximum absolute atomic E-state index is 14.0. The van der Waals surface area contributed by atoms with E-state index in [1.54, 1.807) is 0 Å². The summed E-state index contributed by atoms with van der Waals surface area (Å²) in [4.78, 5) is 105. The first-order chi connectivity index (χ1) is 34.7. The molecule has 0 aliphatic heterocycles. The molecule has 72 heavy (non-hydrogen) atoms. The van der Waals surface area contributed by atoms with Crippen molar-refractivity contribution < 1.29 is 48.2 Å². The second-order valence-electron chi connectivity index (χ2n) is 18.6. The van der Waals surface area contributed by atoms with Crippen molar-refractivity contribution in [3.05, 3.63) is 0 Å². The number of hydrogen-bond acceptors (Lipinski definition) is 15. The Kier molecular flexibility index (Phi) is 42.9. The maximum Gasteiger partial charge on any atom is 0.305 e. The van der Waals surface area contributed by atoms with Gasteiger partial charge in [0.1, 0.15) is 42.9 Å². The van der Waals surface area contributed by atoms with Crippen LogP contribution in [0.4, 0.5) is 0 Å². The molecule has 7 amide bonds. The third-order valence-electron chi connectivity index (χ3n) is 12.1. The van der Waals surface area contributed by atoms with E-state index in [1.807, 2.05) is 0 Å². The van der Waals surface area contributed by atoms with Gasteiger partial charge in [-0.05, 0) is 110 Å². The van der Waals surface area contributed by atoms with Crippen LogP contribution >= 0.6 is 11.8 Å². The molecule has 21 nitrogen and oxygen atoms in total. The second-order valence-corrected chi connectivity index (χ2v) is 19.7. The minimum Gasteiger partial charge on any atom is -0.465 e. The van der Waals surface area contributed by atoms with Crippen molar-refractivity contribution in [1.29, 1.82) is 0 Å². The Morgan fingerprint density at radius 2 is 0.806 bits per heavy atom. The van der Waals surface area contributed by atoms with E-state index in [0.29, 0.717) is 89.7 Å². The molecule has 0 spiro atoms. The van der Waals surface area contributed by atoms with Crippen LogP contribution in [0, 0.1) is 0 Å². The molecule has 6 atom stereocenters. The van der Waals surface area contributed by atoms with Crippen LogP contribution in [0.25, 0.3) is 0 Å². The van der Waals surface area contributed by atoms with E-state index in [4.69, 9.17) is 33.4 Å². The van der Waals surface area contributed by atoms with Crippen LogP contribution in [0.15, 0.2) is 0 Å². The predicted molar refractivity (Wildman–Crippen MR) is 284 cm³/mol. The molecule has 22 heteroatoms. The number of carbonyl (C=O) groups is 8. The van der Waals surface area contributed by atoms with Crippen molar-refractivity contribution in [1.82, 2.24) is 31.9 Å². The van der Waals surface area contributed by atoms with Gasteiger partial charge in [0.2, 0.25) is 41.4 Å². The number of ether oxygens (including phenoxy) is 1.